The van der Waals surface area contributed by atoms with E-state index in [0.717, 1.165) is 38.2 Å². The molecule has 2 rings (SSSR count). The molecule has 1 aliphatic heterocycles. The summed E-state index contributed by atoms with van der Waals surface area (Å²) in [6.07, 6.45) is 3.98. The second kappa shape index (κ2) is 6.26. The molecular weight excluding hydrogens is 250 g/mol. The Balaban J connectivity index is 1.78. The van der Waals surface area contributed by atoms with Gasteiger partial charge in [0.1, 0.15) is 0 Å². The van der Waals surface area contributed by atoms with Gasteiger partial charge in [0, 0.05) is 17.9 Å². The van der Waals surface area contributed by atoms with Gasteiger partial charge in [-0.3, -0.25) is 4.79 Å². The highest BCUT2D eigenvalue weighted by Gasteiger charge is 2.45. The van der Waals surface area contributed by atoms with E-state index in [1.807, 2.05) is 18.8 Å². The van der Waals surface area contributed by atoms with Crippen LogP contribution in [0.5, 0.6) is 0 Å². The number of thioether (sulfide) groups is 1. The van der Waals surface area contributed by atoms with Crippen LogP contribution in [0, 0.1) is 5.41 Å². The summed E-state index contributed by atoms with van der Waals surface area (Å²) in [4.78, 5) is 11.4. The third kappa shape index (κ3) is 3.62. The lowest BCUT2D eigenvalue weighted by molar-refractivity contribution is -0.141. The number of rotatable bonds is 6. The normalized spacial score (nSPS) is 29.9. The first-order valence-electron chi connectivity index (χ1n) is 6.62. The van der Waals surface area contributed by atoms with Crippen LogP contribution in [0.15, 0.2) is 0 Å². The lowest BCUT2D eigenvalue weighted by atomic mass is 10.1. The molecule has 1 N–H and O–H groups in total. The Morgan fingerprint density at radius 3 is 2.94 bits per heavy atom. The summed E-state index contributed by atoms with van der Waals surface area (Å²) < 4.78 is 10.3. The smallest absolute Gasteiger partial charge is 0.306 e. The van der Waals surface area contributed by atoms with Gasteiger partial charge in [-0.2, -0.15) is 11.8 Å². The van der Waals surface area contributed by atoms with Gasteiger partial charge in [-0.05, 0) is 37.5 Å². The number of methoxy groups -OCH3 is 1. The van der Waals surface area contributed by atoms with Gasteiger partial charge in [0.25, 0.3) is 0 Å². The van der Waals surface area contributed by atoms with E-state index in [1.165, 1.54) is 7.11 Å². The van der Waals surface area contributed by atoms with Crippen LogP contribution in [-0.2, 0) is 14.3 Å². The zero-order valence-corrected chi connectivity index (χ0v) is 12.1. The lowest BCUT2D eigenvalue weighted by Crippen LogP contribution is -2.43. The molecule has 2 aliphatic rings. The molecule has 1 heterocycles. The maximum absolute atomic E-state index is 11.4. The molecule has 0 spiro atoms. The molecule has 0 bridgehead atoms. The summed E-state index contributed by atoms with van der Waals surface area (Å²) in [5, 5.41) is 3.88. The van der Waals surface area contributed by atoms with Crippen molar-refractivity contribution in [3.05, 3.63) is 0 Å². The van der Waals surface area contributed by atoms with E-state index < -0.39 is 0 Å². The van der Waals surface area contributed by atoms with Crippen LogP contribution in [0.2, 0.25) is 0 Å². The first-order chi connectivity index (χ1) is 8.69. The fourth-order valence-electron chi connectivity index (χ4n) is 2.42. The maximum Gasteiger partial charge on any atom is 0.306 e. The number of ether oxygens (including phenoxy) is 2. The van der Waals surface area contributed by atoms with Crippen LogP contribution in [0.4, 0.5) is 0 Å². The summed E-state index contributed by atoms with van der Waals surface area (Å²) in [5.74, 6) is 0.979. The molecule has 0 aromatic heterocycles. The van der Waals surface area contributed by atoms with E-state index in [2.05, 4.69) is 5.32 Å². The Morgan fingerprint density at radius 2 is 2.33 bits per heavy atom. The SMILES string of the molecule is CNC1CCOCC1SCC1(CC(=O)OC)CC1. The van der Waals surface area contributed by atoms with Gasteiger partial charge in [0.2, 0.25) is 0 Å². The average Bonchev–Trinajstić information content (AvgIpc) is 3.16. The zero-order valence-electron chi connectivity index (χ0n) is 11.2. The Kier molecular flexibility index (Phi) is 4.92. The van der Waals surface area contributed by atoms with Gasteiger partial charge in [-0.15, -0.1) is 0 Å². The highest BCUT2D eigenvalue weighted by atomic mass is 32.2. The Morgan fingerprint density at radius 1 is 1.56 bits per heavy atom. The molecule has 18 heavy (non-hydrogen) atoms. The van der Waals surface area contributed by atoms with Gasteiger partial charge in [-0.25, -0.2) is 0 Å². The number of esters is 1. The van der Waals surface area contributed by atoms with Crippen LogP contribution in [0.25, 0.3) is 0 Å². The van der Waals surface area contributed by atoms with E-state index in [0.29, 0.717) is 17.7 Å². The number of hydrogen-bond acceptors (Lipinski definition) is 5. The topological polar surface area (TPSA) is 47.6 Å². The number of carbonyl (C=O) groups is 1. The molecule has 2 atom stereocenters. The summed E-state index contributed by atoms with van der Waals surface area (Å²) in [6.45, 7) is 1.68. The molecular formula is C13H23NO3S. The van der Waals surface area contributed by atoms with E-state index in [4.69, 9.17) is 9.47 Å². The number of carbonyl (C=O) groups excluding carboxylic acids is 1. The van der Waals surface area contributed by atoms with E-state index in [9.17, 15) is 4.79 Å². The van der Waals surface area contributed by atoms with Crippen molar-refractivity contribution in [3.63, 3.8) is 0 Å². The van der Waals surface area contributed by atoms with Gasteiger partial charge < -0.3 is 14.8 Å². The van der Waals surface area contributed by atoms with E-state index >= 15 is 0 Å². The molecule has 104 valence electrons. The van der Waals surface area contributed by atoms with Crippen LogP contribution >= 0.6 is 11.8 Å². The van der Waals surface area contributed by atoms with Crippen LogP contribution in [-0.4, -0.2) is 50.4 Å². The first-order valence-corrected chi connectivity index (χ1v) is 7.67. The number of hydrogen-bond donors (Lipinski definition) is 1. The van der Waals surface area contributed by atoms with Crippen molar-refractivity contribution < 1.29 is 14.3 Å². The first kappa shape index (κ1) is 14.2. The minimum absolute atomic E-state index is 0.0711. The molecule has 0 aromatic carbocycles. The predicted molar refractivity (Wildman–Crippen MR) is 72.8 cm³/mol. The molecule has 2 unspecified atom stereocenters. The Hall–Kier alpha value is -0.260. The van der Waals surface area contributed by atoms with Crippen LogP contribution in [0.1, 0.15) is 25.7 Å². The van der Waals surface area contributed by atoms with Crippen molar-refractivity contribution in [2.24, 2.45) is 5.41 Å². The minimum atomic E-state index is -0.0711. The maximum atomic E-state index is 11.4. The largest absolute Gasteiger partial charge is 0.469 e. The Bertz CT molecular complexity index is 294. The third-order valence-corrected chi connectivity index (χ3v) is 5.65. The second-order valence-corrected chi connectivity index (χ2v) is 6.59. The summed E-state index contributed by atoms with van der Waals surface area (Å²) in [7, 11) is 3.49. The van der Waals surface area contributed by atoms with Crippen molar-refractivity contribution in [3.8, 4) is 0 Å². The third-order valence-electron chi connectivity index (χ3n) is 3.98. The van der Waals surface area contributed by atoms with Crippen molar-refractivity contribution in [2.45, 2.75) is 37.0 Å². The van der Waals surface area contributed by atoms with Gasteiger partial charge in [-0.1, -0.05) is 0 Å². The van der Waals surface area contributed by atoms with E-state index in [-0.39, 0.29) is 11.4 Å². The predicted octanol–water partition coefficient (Wildman–Crippen LogP) is 1.44. The van der Waals surface area contributed by atoms with Gasteiger partial charge >= 0.3 is 5.97 Å². The summed E-state index contributed by atoms with van der Waals surface area (Å²) in [5.41, 5.74) is 0.216. The highest BCUT2D eigenvalue weighted by molar-refractivity contribution is 8.00. The van der Waals surface area contributed by atoms with Crippen molar-refractivity contribution in [1.29, 1.82) is 0 Å². The minimum Gasteiger partial charge on any atom is -0.469 e. The average molecular weight is 273 g/mol. The fraction of sp³-hybridized carbons (Fsp3) is 0.923. The van der Waals surface area contributed by atoms with Gasteiger partial charge in [0.05, 0.1) is 20.1 Å². The van der Waals surface area contributed by atoms with Gasteiger partial charge in [0.15, 0.2) is 0 Å². The molecule has 1 aliphatic carbocycles. The monoisotopic (exact) mass is 273 g/mol. The summed E-state index contributed by atoms with van der Waals surface area (Å²) in [6, 6.07) is 0.540. The van der Waals surface area contributed by atoms with Crippen molar-refractivity contribution >= 4 is 17.7 Å². The molecule has 4 nitrogen and oxygen atoms in total. The van der Waals surface area contributed by atoms with Crippen LogP contribution < -0.4 is 5.32 Å². The van der Waals surface area contributed by atoms with Crippen LogP contribution in [0.3, 0.4) is 0 Å². The standard InChI is InChI=1S/C13H23NO3S/c1-14-10-3-6-17-8-11(10)18-9-13(4-5-13)7-12(15)16-2/h10-11,14H,3-9H2,1-2H3. The highest BCUT2D eigenvalue weighted by Crippen LogP contribution is 2.52. The quantitative estimate of drug-likeness (QED) is 0.742. The zero-order chi connectivity index (χ0) is 13.0. The summed E-state index contributed by atoms with van der Waals surface area (Å²) >= 11 is 1.96. The lowest BCUT2D eigenvalue weighted by Gasteiger charge is -2.31. The Labute approximate surface area is 113 Å². The second-order valence-electron chi connectivity index (χ2n) is 5.36. The molecule has 5 heteroatoms. The van der Waals surface area contributed by atoms with Crippen molar-refractivity contribution in [2.75, 3.05) is 33.1 Å². The molecule has 0 amide bonds. The number of nitrogens with one attached hydrogen (secondary N) is 1. The molecule has 1 saturated carbocycles. The fourth-order valence-corrected chi connectivity index (χ4v) is 4.07. The van der Waals surface area contributed by atoms with Crippen molar-refractivity contribution in [1.82, 2.24) is 5.32 Å². The molecule has 1 saturated heterocycles. The molecule has 0 radical (unpaired) electrons. The van der Waals surface area contributed by atoms with E-state index in [1.54, 1.807) is 0 Å². The molecule has 0 aromatic rings. The molecule has 2 fully saturated rings.